The molecule has 0 bridgehead atoms. The first kappa shape index (κ1) is 14.1. The van der Waals surface area contributed by atoms with E-state index in [0.29, 0.717) is 0 Å². The zero-order valence-electron chi connectivity index (χ0n) is 11.2. The van der Waals surface area contributed by atoms with Crippen molar-refractivity contribution in [1.82, 2.24) is 0 Å². The molecule has 0 amide bonds. The lowest BCUT2D eigenvalue weighted by atomic mass is 10.3. The molecule has 0 saturated heterocycles. The van der Waals surface area contributed by atoms with Gasteiger partial charge in [-0.1, -0.05) is 66.0 Å². The Morgan fingerprint density at radius 3 is 1.38 bits per heavy atom. The lowest BCUT2D eigenvalue weighted by Crippen LogP contribution is -1.79. The molecule has 1 nitrogen and oxygen atoms in total. The van der Waals surface area contributed by atoms with E-state index in [1.165, 1.54) is 23.5 Å². The molecule has 3 aromatic rings. The lowest BCUT2D eigenvalue weighted by Gasteiger charge is -2.07. The van der Waals surface area contributed by atoms with Crippen LogP contribution < -0.4 is 0 Å². The fourth-order valence-corrected chi connectivity index (χ4v) is 3.74. The summed E-state index contributed by atoms with van der Waals surface area (Å²) in [6.45, 7) is 0. The Morgan fingerprint density at radius 2 is 0.952 bits per heavy atom. The summed E-state index contributed by atoms with van der Waals surface area (Å²) in [4.78, 5) is 3.69. The molecule has 21 heavy (non-hydrogen) atoms. The monoisotopic (exact) mass is 309 g/mol. The molecule has 0 aromatic heterocycles. The summed E-state index contributed by atoms with van der Waals surface area (Å²) in [7, 11) is 0. The minimum Gasteiger partial charge on any atom is -0.287 e. The topological polar surface area (TPSA) is 19.9 Å². The largest absolute Gasteiger partial charge is 0.287 e. The Hall–Kier alpha value is -1.84. The second-order valence-electron chi connectivity index (χ2n) is 4.41. The number of hydrogen-bond acceptors (Lipinski definition) is 2. The molecule has 1 radical (unpaired) electrons. The third kappa shape index (κ3) is 3.63. The van der Waals surface area contributed by atoms with Crippen LogP contribution in [0.4, 0.5) is 0 Å². The molecule has 0 atom stereocenters. The van der Waals surface area contributed by atoms with Crippen LogP contribution in [-0.2, 0) is 5.11 Å². The van der Waals surface area contributed by atoms with Crippen molar-refractivity contribution in [3.05, 3.63) is 78.9 Å². The van der Waals surface area contributed by atoms with Crippen LogP contribution in [0, 0.1) is 0 Å². The normalized spacial score (nSPS) is 10.5. The Bertz CT molecular complexity index is 652. The number of hydrogen-bond donors (Lipinski definition) is 0. The fourth-order valence-electron chi connectivity index (χ4n) is 1.89. The minimum absolute atomic E-state index is 0.0974. The van der Waals surface area contributed by atoms with Gasteiger partial charge in [0.1, 0.15) is 0 Å². The van der Waals surface area contributed by atoms with Gasteiger partial charge in [0.15, 0.2) is 0 Å². The number of para-hydroxylation sites is 1. The Morgan fingerprint density at radius 1 is 0.524 bits per heavy atom. The van der Waals surface area contributed by atoms with Crippen LogP contribution in [-0.4, -0.2) is 0 Å². The van der Waals surface area contributed by atoms with E-state index in [1.54, 1.807) is 0 Å². The summed E-state index contributed by atoms with van der Waals surface area (Å²) in [6, 6.07) is 25.6. The maximum atomic E-state index is 12.5. The van der Waals surface area contributed by atoms with E-state index in [9.17, 15) is 5.11 Å². The maximum absolute atomic E-state index is 12.5. The molecular formula is C18H13OS2. The van der Waals surface area contributed by atoms with Crippen molar-refractivity contribution >= 4 is 23.5 Å². The third-order valence-electron chi connectivity index (χ3n) is 2.88. The van der Waals surface area contributed by atoms with Crippen molar-refractivity contribution in [2.75, 3.05) is 0 Å². The molecule has 0 aliphatic heterocycles. The molecular weight excluding hydrogens is 296 g/mol. The van der Waals surface area contributed by atoms with Gasteiger partial charge in [0.2, 0.25) is 5.75 Å². The maximum Gasteiger partial charge on any atom is 0.206 e. The van der Waals surface area contributed by atoms with Gasteiger partial charge in [-0.2, -0.15) is 0 Å². The van der Waals surface area contributed by atoms with Gasteiger partial charge in [-0.05, 0) is 36.4 Å². The van der Waals surface area contributed by atoms with Crippen LogP contribution in [0.5, 0.6) is 5.75 Å². The van der Waals surface area contributed by atoms with Crippen molar-refractivity contribution in [2.45, 2.75) is 19.6 Å². The molecule has 0 heterocycles. The summed E-state index contributed by atoms with van der Waals surface area (Å²) in [5.74, 6) is 0.0974. The Kier molecular flexibility index (Phi) is 4.53. The molecule has 0 N–H and O–H groups in total. The van der Waals surface area contributed by atoms with E-state index in [1.807, 2.05) is 78.9 Å². The van der Waals surface area contributed by atoms with Crippen LogP contribution in [0.3, 0.4) is 0 Å². The van der Waals surface area contributed by atoms with Crippen LogP contribution >= 0.6 is 23.5 Å². The van der Waals surface area contributed by atoms with E-state index >= 15 is 0 Å². The van der Waals surface area contributed by atoms with Crippen molar-refractivity contribution in [3.8, 4) is 5.75 Å². The first-order valence-electron chi connectivity index (χ1n) is 6.59. The van der Waals surface area contributed by atoms with E-state index in [0.717, 1.165) is 19.6 Å². The van der Waals surface area contributed by atoms with Crippen molar-refractivity contribution in [2.24, 2.45) is 0 Å². The fraction of sp³-hybridized carbons (Fsp3) is 0. The SMILES string of the molecule is [O]c1c(Sc2ccccc2)cccc1Sc1ccccc1. The molecule has 0 aliphatic rings. The van der Waals surface area contributed by atoms with Crippen molar-refractivity contribution < 1.29 is 5.11 Å². The van der Waals surface area contributed by atoms with Crippen LogP contribution in [0.15, 0.2) is 98.4 Å². The number of rotatable bonds is 4. The molecule has 0 unspecified atom stereocenters. The molecule has 0 saturated carbocycles. The van der Waals surface area contributed by atoms with Crippen LogP contribution in [0.25, 0.3) is 0 Å². The standard InChI is InChI=1S/C18H13OS2/c19-18-16(20-14-8-3-1-4-9-14)12-7-13-17(18)21-15-10-5-2-6-11-15/h1-13H. The quantitative estimate of drug-likeness (QED) is 0.577. The van der Waals surface area contributed by atoms with Crippen molar-refractivity contribution in [3.63, 3.8) is 0 Å². The molecule has 0 spiro atoms. The molecule has 3 rings (SSSR count). The predicted octanol–water partition coefficient (Wildman–Crippen LogP) is 6.13. The summed E-state index contributed by atoms with van der Waals surface area (Å²) in [5, 5.41) is 12.5. The average molecular weight is 309 g/mol. The van der Waals surface area contributed by atoms with Gasteiger partial charge in [-0.25, -0.2) is 0 Å². The molecule has 0 fully saturated rings. The summed E-state index contributed by atoms with van der Waals surface area (Å²) in [6.07, 6.45) is 0. The van der Waals surface area contributed by atoms with Gasteiger partial charge < -0.3 is 0 Å². The minimum atomic E-state index is 0.0974. The van der Waals surface area contributed by atoms with Gasteiger partial charge in [0, 0.05) is 9.79 Å². The van der Waals surface area contributed by atoms with E-state index in [2.05, 4.69) is 0 Å². The van der Waals surface area contributed by atoms with E-state index in [-0.39, 0.29) is 5.75 Å². The summed E-state index contributed by atoms with van der Waals surface area (Å²) in [5.41, 5.74) is 0. The molecule has 0 aliphatic carbocycles. The van der Waals surface area contributed by atoms with Crippen molar-refractivity contribution in [1.29, 1.82) is 0 Å². The van der Waals surface area contributed by atoms with Gasteiger partial charge >= 0.3 is 0 Å². The lowest BCUT2D eigenvalue weighted by molar-refractivity contribution is 0.334. The zero-order chi connectivity index (χ0) is 14.5. The Balaban J connectivity index is 1.85. The van der Waals surface area contributed by atoms with Gasteiger partial charge in [0.25, 0.3) is 0 Å². The van der Waals surface area contributed by atoms with Crippen LogP contribution in [0.2, 0.25) is 0 Å². The highest BCUT2D eigenvalue weighted by atomic mass is 32.2. The highest BCUT2D eigenvalue weighted by molar-refractivity contribution is 8.00. The van der Waals surface area contributed by atoms with Gasteiger partial charge in [0.05, 0.1) is 9.79 Å². The average Bonchev–Trinajstić information content (AvgIpc) is 2.53. The Labute approximate surface area is 133 Å². The van der Waals surface area contributed by atoms with Crippen LogP contribution in [0.1, 0.15) is 0 Å². The summed E-state index contributed by atoms with van der Waals surface area (Å²) < 4.78 is 0. The van der Waals surface area contributed by atoms with Gasteiger partial charge in [-0.3, -0.25) is 5.11 Å². The highest BCUT2D eigenvalue weighted by Crippen LogP contribution is 2.42. The number of benzene rings is 3. The third-order valence-corrected chi connectivity index (χ3v) is 4.98. The molecule has 3 heteroatoms. The summed E-state index contributed by atoms with van der Waals surface area (Å²) >= 11 is 3.03. The highest BCUT2D eigenvalue weighted by Gasteiger charge is 2.11. The zero-order valence-corrected chi connectivity index (χ0v) is 12.9. The first-order valence-corrected chi connectivity index (χ1v) is 8.22. The first-order chi connectivity index (χ1) is 10.3. The second kappa shape index (κ2) is 6.74. The molecule has 3 aromatic carbocycles. The van der Waals surface area contributed by atoms with Gasteiger partial charge in [-0.15, -0.1) is 0 Å². The van der Waals surface area contributed by atoms with E-state index in [4.69, 9.17) is 0 Å². The smallest absolute Gasteiger partial charge is 0.206 e. The second-order valence-corrected chi connectivity index (χ2v) is 6.64. The molecule has 103 valence electrons. The van der Waals surface area contributed by atoms with E-state index < -0.39 is 0 Å². The predicted molar refractivity (Wildman–Crippen MR) is 87.7 cm³/mol.